The van der Waals surface area contributed by atoms with Crippen molar-refractivity contribution in [1.82, 2.24) is 0 Å². The molecule has 0 saturated heterocycles. The van der Waals surface area contributed by atoms with Crippen LogP contribution in [0.3, 0.4) is 0 Å². The number of hydrogen-bond acceptors (Lipinski definition) is 2. The highest BCUT2D eigenvalue weighted by molar-refractivity contribution is 6.21. The number of rotatable bonds is 1. The maximum Gasteiger partial charge on any atom is 0.302 e. The first-order valence-corrected chi connectivity index (χ1v) is 6.39. The van der Waals surface area contributed by atoms with E-state index in [0.717, 1.165) is 6.42 Å². The van der Waals surface area contributed by atoms with Gasteiger partial charge in [-0.1, -0.05) is 19.3 Å². The SMILES string of the molecule is CC(=O)O[C@@H]1[C@H](Cl)CCCC12CCCC2. The summed E-state index contributed by atoms with van der Waals surface area (Å²) in [4.78, 5) is 11.1. The fourth-order valence-corrected chi connectivity index (χ4v) is 3.79. The van der Waals surface area contributed by atoms with E-state index in [1.54, 1.807) is 0 Å². The zero-order chi connectivity index (χ0) is 10.9. The first-order valence-electron chi connectivity index (χ1n) is 5.95. The highest BCUT2D eigenvalue weighted by atomic mass is 35.5. The molecule has 2 nitrogen and oxygen atoms in total. The average Bonchev–Trinajstić information content (AvgIpc) is 2.61. The Labute approximate surface area is 96.3 Å². The van der Waals surface area contributed by atoms with Crippen molar-refractivity contribution in [3.05, 3.63) is 0 Å². The monoisotopic (exact) mass is 230 g/mol. The number of halogens is 1. The molecule has 1 spiro atoms. The summed E-state index contributed by atoms with van der Waals surface area (Å²) in [6, 6.07) is 0. The van der Waals surface area contributed by atoms with Crippen LogP contribution in [0.2, 0.25) is 0 Å². The van der Waals surface area contributed by atoms with E-state index in [4.69, 9.17) is 16.3 Å². The zero-order valence-electron chi connectivity index (χ0n) is 9.30. The van der Waals surface area contributed by atoms with E-state index < -0.39 is 0 Å². The van der Waals surface area contributed by atoms with Gasteiger partial charge < -0.3 is 4.74 Å². The van der Waals surface area contributed by atoms with Crippen molar-refractivity contribution < 1.29 is 9.53 Å². The number of carbonyl (C=O) groups excluding carboxylic acids is 1. The molecule has 0 aliphatic heterocycles. The molecule has 0 N–H and O–H groups in total. The van der Waals surface area contributed by atoms with Gasteiger partial charge in [-0.3, -0.25) is 4.79 Å². The van der Waals surface area contributed by atoms with Gasteiger partial charge in [0.05, 0.1) is 5.38 Å². The Balaban J connectivity index is 2.14. The summed E-state index contributed by atoms with van der Waals surface area (Å²) >= 11 is 6.32. The molecule has 0 aromatic heterocycles. The molecule has 0 aromatic carbocycles. The number of ether oxygens (including phenoxy) is 1. The third kappa shape index (κ3) is 2.15. The number of carbonyl (C=O) groups is 1. The van der Waals surface area contributed by atoms with Gasteiger partial charge in [-0.25, -0.2) is 0 Å². The van der Waals surface area contributed by atoms with Gasteiger partial charge in [-0.15, -0.1) is 11.6 Å². The summed E-state index contributed by atoms with van der Waals surface area (Å²) in [6.07, 6.45) is 8.24. The highest BCUT2D eigenvalue weighted by Gasteiger charge is 2.48. The van der Waals surface area contributed by atoms with E-state index in [-0.39, 0.29) is 22.9 Å². The second kappa shape index (κ2) is 4.32. The Morgan fingerprint density at radius 1 is 1.27 bits per heavy atom. The Morgan fingerprint density at radius 2 is 1.87 bits per heavy atom. The Kier molecular flexibility index (Phi) is 3.24. The molecule has 2 atom stereocenters. The normalized spacial score (nSPS) is 34.3. The second-order valence-electron chi connectivity index (χ2n) is 5.01. The molecule has 0 amide bonds. The minimum atomic E-state index is -0.182. The number of esters is 1. The Morgan fingerprint density at radius 3 is 2.47 bits per heavy atom. The molecule has 2 aliphatic carbocycles. The topological polar surface area (TPSA) is 26.3 Å². The van der Waals surface area contributed by atoms with Crippen molar-refractivity contribution in [3.8, 4) is 0 Å². The van der Waals surface area contributed by atoms with Crippen LogP contribution >= 0.6 is 11.6 Å². The molecular formula is C12H19ClO2. The van der Waals surface area contributed by atoms with Crippen LogP contribution in [0, 0.1) is 5.41 Å². The van der Waals surface area contributed by atoms with Crippen LogP contribution in [0.15, 0.2) is 0 Å². The molecule has 0 radical (unpaired) electrons. The number of hydrogen-bond donors (Lipinski definition) is 0. The van der Waals surface area contributed by atoms with Crippen molar-refractivity contribution in [1.29, 1.82) is 0 Å². The molecule has 86 valence electrons. The van der Waals surface area contributed by atoms with Crippen molar-refractivity contribution >= 4 is 17.6 Å². The summed E-state index contributed by atoms with van der Waals surface area (Å²) < 4.78 is 5.47. The van der Waals surface area contributed by atoms with Gasteiger partial charge in [0.25, 0.3) is 0 Å². The third-order valence-corrected chi connectivity index (χ3v) is 4.43. The van der Waals surface area contributed by atoms with Gasteiger partial charge in [0.15, 0.2) is 0 Å². The predicted octanol–water partition coefficient (Wildman–Crippen LogP) is 3.27. The van der Waals surface area contributed by atoms with Gasteiger partial charge in [0, 0.05) is 12.3 Å². The first-order chi connectivity index (χ1) is 7.14. The quantitative estimate of drug-likeness (QED) is 0.511. The molecule has 2 aliphatic rings. The summed E-state index contributed by atoms with van der Waals surface area (Å²) in [7, 11) is 0. The molecule has 3 heteroatoms. The van der Waals surface area contributed by atoms with Crippen LogP contribution in [0.1, 0.15) is 51.9 Å². The van der Waals surface area contributed by atoms with E-state index in [1.807, 2.05) is 0 Å². The molecule has 0 aromatic rings. The average molecular weight is 231 g/mol. The summed E-state index contributed by atoms with van der Waals surface area (Å²) in [5.41, 5.74) is 0.219. The molecule has 0 unspecified atom stereocenters. The smallest absolute Gasteiger partial charge is 0.302 e. The first kappa shape index (κ1) is 11.3. The maximum absolute atomic E-state index is 11.1. The predicted molar refractivity (Wildman–Crippen MR) is 59.9 cm³/mol. The maximum atomic E-state index is 11.1. The fraction of sp³-hybridized carbons (Fsp3) is 0.917. The molecule has 2 saturated carbocycles. The molecule has 15 heavy (non-hydrogen) atoms. The van der Waals surface area contributed by atoms with Gasteiger partial charge in [-0.2, -0.15) is 0 Å². The molecular weight excluding hydrogens is 212 g/mol. The lowest BCUT2D eigenvalue weighted by atomic mass is 9.70. The van der Waals surface area contributed by atoms with Gasteiger partial charge in [0.1, 0.15) is 6.10 Å². The van der Waals surface area contributed by atoms with Crippen LogP contribution in [0.4, 0.5) is 0 Å². The molecule has 2 rings (SSSR count). The number of alkyl halides is 1. The van der Waals surface area contributed by atoms with Crippen LogP contribution < -0.4 is 0 Å². The minimum Gasteiger partial charge on any atom is -0.460 e. The van der Waals surface area contributed by atoms with Crippen LogP contribution in [0.5, 0.6) is 0 Å². The van der Waals surface area contributed by atoms with E-state index in [2.05, 4.69) is 0 Å². The summed E-state index contributed by atoms with van der Waals surface area (Å²) in [6.45, 7) is 1.49. The summed E-state index contributed by atoms with van der Waals surface area (Å²) in [5.74, 6) is -0.182. The lowest BCUT2D eigenvalue weighted by Crippen LogP contribution is -2.45. The van der Waals surface area contributed by atoms with Crippen LogP contribution in [-0.4, -0.2) is 17.5 Å². The highest BCUT2D eigenvalue weighted by Crippen LogP contribution is 2.51. The Hall–Kier alpha value is -0.240. The zero-order valence-corrected chi connectivity index (χ0v) is 10.1. The van der Waals surface area contributed by atoms with Crippen molar-refractivity contribution in [2.75, 3.05) is 0 Å². The second-order valence-corrected chi connectivity index (χ2v) is 5.57. The van der Waals surface area contributed by atoms with E-state index in [9.17, 15) is 4.79 Å². The third-order valence-electron chi connectivity index (χ3n) is 3.98. The Bertz CT molecular complexity index is 246. The summed E-state index contributed by atoms with van der Waals surface area (Å²) in [5, 5.41) is 0.0285. The molecule has 0 bridgehead atoms. The fourth-order valence-electron chi connectivity index (χ4n) is 3.32. The van der Waals surface area contributed by atoms with Gasteiger partial charge >= 0.3 is 5.97 Å². The van der Waals surface area contributed by atoms with E-state index in [0.29, 0.717) is 0 Å². The molecule has 0 heterocycles. The van der Waals surface area contributed by atoms with Crippen molar-refractivity contribution in [3.63, 3.8) is 0 Å². The van der Waals surface area contributed by atoms with E-state index in [1.165, 1.54) is 45.4 Å². The van der Waals surface area contributed by atoms with E-state index >= 15 is 0 Å². The largest absolute Gasteiger partial charge is 0.460 e. The minimum absolute atomic E-state index is 0.0285. The van der Waals surface area contributed by atoms with Gasteiger partial charge in [-0.05, 0) is 25.7 Å². The standard InChI is InChI=1S/C12H19ClO2/c1-9(14)15-11-10(13)5-4-8-12(11)6-2-3-7-12/h10-11H,2-8H2,1H3/t10-,11-/m1/s1. The van der Waals surface area contributed by atoms with Crippen molar-refractivity contribution in [2.45, 2.75) is 63.4 Å². The van der Waals surface area contributed by atoms with Crippen molar-refractivity contribution in [2.24, 2.45) is 5.41 Å². The lowest BCUT2D eigenvalue weighted by Gasteiger charge is -2.43. The lowest BCUT2D eigenvalue weighted by molar-refractivity contribution is -0.156. The van der Waals surface area contributed by atoms with Gasteiger partial charge in [0.2, 0.25) is 0 Å². The molecule has 2 fully saturated rings. The van der Waals surface area contributed by atoms with Crippen LogP contribution in [-0.2, 0) is 9.53 Å². The van der Waals surface area contributed by atoms with Crippen LogP contribution in [0.25, 0.3) is 0 Å².